The number of amides is 2. The van der Waals surface area contributed by atoms with Gasteiger partial charge in [-0.2, -0.15) is 0 Å². The second-order valence-electron chi connectivity index (χ2n) is 8.20. The molecule has 3 heterocycles. The Hall–Kier alpha value is -1.24. The Morgan fingerprint density at radius 3 is 2.49 bits per heavy atom. The molecule has 2 amide bonds. The molecule has 2 unspecified atom stereocenters. The number of ether oxygens (including phenoxy) is 4. The summed E-state index contributed by atoms with van der Waals surface area (Å²) in [5.74, 6) is 0. The molecule has 0 bridgehead atoms. The Bertz CT molecular complexity index is 790. The third kappa shape index (κ3) is 6.56. The highest BCUT2D eigenvalue weighted by Crippen LogP contribution is 2.42. The summed E-state index contributed by atoms with van der Waals surface area (Å²) in [6.45, 7) is -1.60. The van der Waals surface area contributed by atoms with Crippen molar-refractivity contribution in [2.45, 2.75) is 61.4 Å². The first-order valence-corrected chi connectivity index (χ1v) is 12.5. The van der Waals surface area contributed by atoms with Crippen molar-refractivity contribution in [3.8, 4) is 0 Å². The van der Waals surface area contributed by atoms with Gasteiger partial charge in [-0.15, -0.1) is 0 Å². The molecule has 11 atom stereocenters. The smallest absolute Gasteiger partial charge is 0.330 e. The summed E-state index contributed by atoms with van der Waals surface area (Å²) in [5, 5.41) is 52.6. The minimum absolute atomic E-state index is 0.431. The molecular formula is C18H32N3O13P. The van der Waals surface area contributed by atoms with E-state index in [1.807, 2.05) is 0 Å². The monoisotopic (exact) mass is 529 g/mol. The van der Waals surface area contributed by atoms with Crippen molar-refractivity contribution in [3.63, 3.8) is 0 Å². The third-order valence-corrected chi connectivity index (χ3v) is 7.07. The standard InChI is InChI=1S/C18H32N3O13P/c1-30-17-14(26)15(12(24)8(6-22)34-17)31-4-5-35(28,29)32-7-9-11(23)13(25)16(33-9)21-3-2-10(19)20-18(21)27/h2-3,8-17,22-26H,4-7,19H2,1H3,(H,20,27)(H,28,29)/t8-,9-,10?,11-,12+,13-,14-,15+,16-,17+/m1/s1. The van der Waals surface area contributed by atoms with Crippen LogP contribution >= 0.6 is 7.60 Å². The number of hydrogen-bond donors (Lipinski definition) is 8. The summed E-state index contributed by atoms with van der Waals surface area (Å²) in [6, 6.07) is -0.667. The molecule has 0 aromatic rings. The summed E-state index contributed by atoms with van der Waals surface area (Å²) in [7, 11) is -3.06. The van der Waals surface area contributed by atoms with Crippen LogP contribution < -0.4 is 11.1 Å². The van der Waals surface area contributed by atoms with Gasteiger partial charge in [0.05, 0.1) is 32.1 Å². The average molecular weight is 529 g/mol. The number of aliphatic hydroxyl groups is 5. The predicted molar refractivity (Wildman–Crippen MR) is 113 cm³/mol. The zero-order valence-corrected chi connectivity index (χ0v) is 19.7. The highest BCUT2D eigenvalue weighted by atomic mass is 31.2. The molecular weight excluding hydrogens is 497 g/mol. The van der Waals surface area contributed by atoms with Gasteiger partial charge in [-0.3, -0.25) is 9.46 Å². The normalized spacial score (nSPS) is 41.6. The van der Waals surface area contributed by atoms with Crippen molar-refractivity contribution in [2.75, 3.05) is 33.1 Å². The van der Waals surface area contributed by atoms with Crippen molar-refractivity contribution >= 4 is 13.6 Å². The molecule has 0 saturated carbocycles. The molecule has 35 heavy (non-hydrogen) atoms. The van der Waals surface area contributed by atoms with Crippen molar-refractivity contribution in [1.29, 1.82) is 0 Å². The highest BCUT2D eigenvalue weighted by molar-refractivity contribution is 7.52. The maximum atomic E-state index is 12.4. The van der Waals surface area contributed by atoms with Crippen LogP contribution in [0.4, 0.5) is 4.79 Å². The lowest BCUT2D eigenvalue weighted by atomic mass is 9.99. The number of urea groups is 1. The summed E-state index contributed by atoms with van der Waals surface area (Å²) in [5.41, 5.74) is 5.56. The molecule has 0 aromatic heterocycles. The molecule has 0 aliphatic carbocycles. The van der Waals surface area contributed by atoms with Crippen LogP contribution in [0.15, 0.2) is 12.3 Å². The fraction of sp³-hybridized carbons (Fsp3) is 0.833. The van der Waals surface area contributed by atoms with Crippen LogP contribution in [0.1, 0.15) is 0 Å². The molecule has 202 valence electrons. The van der Waals surface area contributed by atoms with Gasteiger partial charge in [-0.25, -0.2) is 4.79 Å². The fourth-order valence-electron chi connectivity index (χ4n) is 3.82. The summed E-state index contributed by atoms with van der Waals surface area (Å²) in [6.07, 6.45) is -10.6. The van der Waals surface area contributed by atoms with Crippen LogP contribution in [0.3, 0.4) is 0 Å². The third-order valence-electron chi connectivity index (χ3n) is 5.77. The predicted octanol–water partition coefficient (Wildman–Crippen LogP) is -4.07. The van der Waals surface area contributed by atoms with E-state index in [1.54, 1.807) is 0 Å². The molecule has 0 radical (unpaired) electrons. The van der Waals surface area contributed by atoms with Gasteiger partial charge in [0, 0.05) is 13.3 Å². The largest absolute Gasteiger partial charge is 0.394 e. The number of carbonyl (C=O) groups is 1. The van der Waals surface area contributed by atoms with Crippen molar-refractivity contribution in [3.05, 3.63) is 12.3 Å². The maximum Gasteiger partial charge on any atom is 0.330 e. The summed E-state index contributed by atoms with van der Waals surface area (Å²) in [4.78, 5) is 23.2. The van der Waals surface area contributed by atoms with Gasteiger partial charge >= 0.3 is 13.6 Å². The Kier molecular flexibility index (Phi) is 9.61. The van der Waals surface area contributed by atoms with Gasteiger partial charge in [0.1, 0.15) is 42.7 Å². The van der Waals surface area contributed by atoms with E-state index in [0.717, 1.165) is 4.90 Å². The van der Waals surface area contributed by atoms with E-state index < -0.39 is 101 Å². The van der Waals surface area contributed by atoms with Gasteiger partial charge in [0.15, 0.2) is 12.5 Å². The van der Waals surface area contributed by atoms with E-state index in [9.17, 15) is 39.8 Å². The van der Waals surface area contributed by atoms with Crippen LogP contribution in [0.5, 0.6) is 0 Å². The molecule has 17 heteroatoms. The van der Waals surface area contributed by atoms with Gasteiger partial charge in [0.2, 0.25) is 0 Å². The molecule has 3 aliphatic heterocycles. The molecule has 3 aliphatic rings. The van der Waals surface area contributed by atoms with E-state index in [1.165, 1.54) is 19.4 Å². The molecule has 2 saturated heterocycles. The number of methoxy groups -OCH3 is 1. The maximum absolute atomic E-state index is 12.4. The number of nitrogens with zero attached hydrogens (tertiary/aromatic N) is 1. The van der Waals surface area contributed by atoms with Gasteiger partial charge in [-0.05, 0) is 6.08 Å². The SMILES string of the molecule is CO[C@H]1O[C@H](CO)[C@H](O)[C@H](OCCP(=O)(O)OC[C@H]2O[C@@H](N3C=CC(N)NC3=O)[C@H](O)[C@@H]2O)[C@H]1O. The van der Waals surface area contributed by atoms with E-state index in [2.05, 4.69) is 5.32 Å². The Balaban J connectivity index is 1.50. The van der Waals surface area contributed by atoms with Gasteiger partial charge < -0.3 is 64.9 Å². The van der Waals surface area contributed by atoms with Crippen LogP contribution in [0, 0.1) is 0 Å². The second-order valence-corrected chi connectivity index (χ2v) is 10.2. The number of rotatable bonds is 10. The van der Waals surface area contributed by atoms with Crippen LogP contribution in [-0.2, 0) is 28.0 Å². The van der Waals surface area contributed by atoms with Gasteiger partial charge in [-0.1, -0.05) is 0 Å². The van der Waals surface area contributed by atoms with Crippen molar-refractivity contribution in [2.24, 2.45) is 5.73 Å². The topological polar surface area (TPSA) is 243 Å². The zero-order valence-electron chi connectivity index (χ0n) is 18.8. The van der Waals surface area contributed by atoms with E-state index >= 15 is 0 Å². The first-order chi connectivity index (χ1) is 16.5. The number of aliphatic hydroxyl groups excluding tert-OH is 5. The summed E-state index contributed by atoms with van der Waals surface area (Å²) >= 11 is 0. The lowest BCUT2D eigenvalue weighted by Crippen LogP contribution is -2.60. The molecule has 2 fully saturated rings. The lowest BCUT2D eigenvalue weighted by Gasteiger charge is -2.41. The fourth-order valence-corrected chi connectivity index (χ4v) is 4.66. The van der Waals surface area contributed by atoms with E-state index in [-0.39, 0.29) is 0 Å². The highest BCUT2D eigenvalue weighted by Gasteiger charge is 2.48. The number of hydrogen-bond acceptors (Lipinski definition) is 13. The molecule has 0 aromatic carbocycles. The Morgan fingerprint density at radius 1 is 1.14 bits per heavy atom. The molecule has 9 N–H and O–H groups in total. The Labute approximate surface area is 200 Å². The van der Waals surface area contributed by atoms with Crippen molar-refractivity contribution < 1.29 is 63.3 Å². The second kappa shape index (κ2) is 11.9. The van der Waals surface area contributed by atoms with E-state index in [4.69, 9.17) is 29.2 Å². The number of nitrogens with two attached hydrogens (primary N) is 1. The number of nitrogens with one attached hydrogen (secondary N) is 1. The van der Waals surface area contributed by atoms with Gasteiger partial charge in [0.25, 0.3) is 0 Å². The minimum atomic E-state index is -4.31. The average Bonchev–Trinajstić information content (AvgIpc) is 3.08. The quantitative estimate of drug-likeness (QED) is 0.126. The number of carbonyl (C=O) groups excluding carboxylic acids is 1. The minimum Gasteiger partial charge on any atom is -0.394 e. The van der Waals surface area contributed by atoms with Crippen LogP contribution in [0.2, 0.25) is 0 Å². The molecule has 3 rings (SSSR count). The Morgan fingerprint density at radius 2 is 1.86 bits per heavy atom. The summed E-state index contributed by atoms with van der Waals surface area (Å²) < 4.78 is 38.4. The zero-order chi connectivity index (χ0) is 25.9. The first kappa shape index (κ1) is 28.3. The van der Waals surface area contributed by atoms with Crippen molar-refractivity contribution in [1.82, 2.24) is 10.2 Å². The van der Waals surface area contributed by atoms with E-state index in [0.29, 0.717) is 0 Å². The molecule has 16 nitrogen and oxygen atoms in total. The van der Waals surface area contributed by atoms with Crippen LogP contribution in [-0.4, -0.2) is 136 Å². The van der Waals surface area contributed by atoms with Crippen LogP contribution in [0.25, 0.3) is 0 Å². The lowest BCUT2D eigenvalue weighted by molar-refractivity contribution is -0.300. The first-order valence-electron chi connectivity index (χ1n) is 10.8. The molecule has 0 spiro atoms.